The van der Waals surface area contributed by atoms with Gasteiger partial charge in [0.2, 0.25) is 5.91 Å². The fraction of sp³-hybridized carbons (Fsp3) is 0.889. The van der Waals surface area contributed by atoms with E-state index in [-0.39, 0.29) is 5.91 Å². The highest BCUT2D eigenvalue weighted by Gasteiger charge is 2.23. The van der Waals surface area contributed by atoms with E-state index in [9.17, 15) is 4.79 Å². The average molecular weight is 199 g/mol. The second-order valence-corrected chi connectivity index (χ2v) is 3.78. The standard InChI is InChI=1S/C9H17N3O2/c13-9(11-8-1-2-8)7-10-12-3-5-14-6-4-12/h8,10H,1-7H2,(H,11,13). The van der Waals surface area contributed by atoms with Gasteiger partial charge < -0.3 is 10.1 Å². The SMILES string of the molecule is O=C(CNN1CCOCC1)NC1CC1. The van der Waals surface area contributed by atoms with E-state index in [0.717, 1.165) is 39.1 Å². The van der Waals surface area contributed by atoms with E-state index in [4.69, 9.17) is 4.74 Å². The Balaban J connectivity index is 1.57. The number of nitrogens with zero attached hydrogens (tertiary/aromatic N) is 1. The fourth-order valence-electron chi connectivity index (χ4n) is 1.41. The molecule has 1 aliphatic heterocycles. The maximum Gasteiger partial charge on any atom is 0.235 e. The van der Waals surface area contributed by atoms with Crippen molar-refractivity contribution in [2.45, 2.75) is 18.9 Å². The molecule has 0 aromatic carbocycles. The van der Waals surface area contributed by atoms with E-state index in [2.05, 4.69) is 10.7 Å². The van der Waals surface area contributed by atoms with Crippen molar-refractivity contribution in [1.82, 2.24) is 15.8 Å². The van der Waals surface area contributed by atoms with Gasteiger partial charge in [-0.05, 0) is 12.8 Å². The molecule has 14 heavy (non-hydrogen) atoms. The number of carbonyl (C=O) groups excluding carboxylic acids is 1. The predicted octanol–water partition coefficient (Wildman–Crippen LogP) is -0.898. The summed E-state index contributed by atoms with van der Waals surface area (Å²) in [6.45, 7) is 3.60. The second-order valence-electron chi connectivity index (χ2n) is 3.78. The molecular weight excluding hydrogens is 182 g/mol. The number of morpholine rings is 1. The summed E-state index contributed by atoms with van der Waals surface area (Å²) in [5.41, 5.74) is 3.10. The number of ether oxygens (including phenoxy) is 1. The van der Waals surface area contributed by atoms with Crippen LogP contribution in [-0.2, 0) is 9.53 Å². The van der Waals surface area contributed by atoms with Crippen LogP contribution in [0.2, 0.25) is 0 Å². The largest absolute Gasteiger partial charge is 0.379 e. The van der Waals surface area contributed by atoms with Gasteiger partial charge in [0.1, 0.15) is 0 Å². The van der Waals surface area contributed by atoms with Crippen LogP contribution >= 0.6 is 0 Å². The zero-order chi connectivity index (χ0) is 9.80. The molecule has 80 valence electrons. The number of nitrogens with one attached hydrogen (secondary N) is 2. The van der Waals surface area contributed by atoms with Crippen molar-refractivity contribution in [3.05, 3.63) is 0 Å². The van der Waals surface area contributed by atoms with Crippen molar-refractivity contribution >= 4 is 5.91 Å². The molecule has 1 amide bonds. The van der Waals surface area contributed by atoms with E-state index >= 15 is 0 Å². The van der Waals surface area contributed by atoms with Crippen molar-refractivity contribution in [3.63, 3.8) is 0 Å². The van der Waals surface area contributed by atoms with Gasteiger partial charge in [-0.25, -0.2) is 10.4 Å². The van der Waals surface area contributed by atoms with Crippen LogP contribution in [0.3, 0.4) is 0 Å². The Morgan fingerprint density at radius 2 is 2.07 bits per heavy atom. The minimum atomic E-state index is 0.0963. The summed E-state index contributed by atoms with van der Waals surface area (Å²) in [5.74, 6) is 0.0963. The van der Waals surface area contributed by atoms with Crippen molar-refractivity contribution in [2.24, 2.45) is 0 Å². The molecule has 1 saturated carbocycles. The number of carbonyl (C=O) groups is 1. The number of hydrazine groups is 1. The van der Waals surface area contributed by atoms with Gasteiger partial charge in [-0.15, -0.1) is 0 Å². The lowest BCUT2D eigenvalue weighted by Crippen LogP contribution is -2.49. The molecule has 0 aromatic heterocycles. The first-order chi connectivity index (χ1) is 6.84. The van der Waals surface area contributed by atoms with Gasteiger partial charge in [-0.1, -0.05) is 0 Å². The Morgan fingerprint density at radius 1 is 1.36 bits per heavy atom. The lowest BCUT2D eigenvalue weighted by Gasteiger charge is -2.26. The van der Waals surface area contributed by atoms with E-state index in [1.807, 2.05) is 5.01 Å². The maximum absolute atomic E-state index is 11.3. The summed E-state index contributed by atoms with van der Waals surface area (Å²) in [6.07, 6.45) is 2.28. The van der Waals surface area contributed by atoms with Crippen molar-refractivity contribution in [3.8, 4) is 0 Å². The molecule has 0 atom stereocenters. The van der Waals surface area contributed by atoms with Crippen LogP contribution in [0.15, 0.2) is 0 Å². The van der Waals surface area contributed by atoms with Gasteiger partial charge in [-0.3, -0.25) is 4.79 Å². The summed E-state index contributed by atoms with van der Waals surface area (Å²) in [5, 5.41) is 4.97. The molecule has 5 heteroatoms. The van der Waals surface area contributed by atoms with Gasteiger partial charge in [0.25, 0.3) is 0 Å². The number of hydrogen-bond donors (Lipinski definition) is 2. The Labute approximate surface area is 83.8 Å². The molecular formula is C9H17N3O2. The highest BCUT2D eigenvalue weighted by atomic mass is 16.5. The lowest BCUT2D eigenvalue weighted by molar-refractivity contribution is -0.121. The molecule has 0 spiro atoms. The molecule has 0 aromatic rings. The Kier molecular flexibility index (Phi) is 3.34. The highest BCUT2D eigenvalue weighted by molar-refractivity contribution is 5.78. The van der Waals surface area contributed by atoms with E-state index < -0.39 is 0 Å². The zero-order valence-corrected chi connectivity index (χ0v) is 8.29. The topological polar surface area (TPSA) is 53.6 Å². The molecule has 0 unspecified atom stereocenters. The molecule has 2 rings (SSSR count). The number of rotatable bonds is 4. The predicted molar refractivity (Wildman–Crippen MR) is 51.6 cm³/mol. The van der Waals surface area contributed by atoms with Gasteiger partial charge >= 0.3 is 0 Å². The smallest absolute Gasteiger partial charge is 0.235 e. The van der Waals surface area contributed by atoms with Gasteiger partial charge in [0.05, 0.1) is 19.8 Å². The zero-order valence-electron chi connectivity index (χ0n) is 8.29. The third-order valence-corrected chi connectivity index (χ3v) is 2.42. The van der Waals surface area contributed by atoms with Crippen LogP contribution in [0.1, 0.15) is 12.8 Å². The highest BCUT2D eigenvalue weighted by Crippen LogP contribution is 2.18. The summed E-state index contributed by atoms with van der Waals surface area (Å²) in [7, 11) is 0. The normalized spacial score (nSPS) is 23.4. The molecule has 1 aliphatic carbocycles. The first-order valence-corrected chi connectivity index (χ1v) is 5.20. The summed E-state index contributed by atoms with van der Waals surface area (Å²) >= 11 is 0. The third-order valence-electron chi connectivity index (χ3n) is 2.42. The van der Waals surface area contributed by atoms with Gasteiger partial charge in [0, 0.05) is 19.1 Å². The minimum Gasteiger partial charge on any atom is -0.379 e. The van der Waals surface area contributed by atoms with E-state index in [1.54, 1.807) is 0 Å². The number of hydrogen-bond acceptors (Lipinski definition) is 4. The van der Waals surface area contributed by atoms with Gasteiger partial charge in [0.15, 0.2) is 0 Å². The summed E-state index contributed by atoms with van der Waals surface area (Å²) in [4.78, 5) is 11.3. The van der Waals surface area contributed by atoms with Crippen LogP contribution in [-0.4, -0.2) is 49.8 Å². The maximum atomic E-state index is 11.3. The second kappa shape index (κ2) is 4.72. The van der Waals surface area contributed by atoms with Crippen LogP contribution in [0.4, 0.5) is 0 Å². The van der Waals surface area contributed by atoms with Crippen LogP contribution in [0, 0.1) is 0 Å². The van der Waals surface area contributed by atoms with Crippen LogP contribution in [0.25, 0.3) is 0 Å². The summed E-state index contributed by atoms with van der Waals surface area (Å²) in [6, 6.07) is 0.453. The summed E-state index contributed by atoms with van der Waals surface area (Å²) < 4.78 is 5.20. The van der Waals surface area contributed by atoms with E-state index in [1.165, 1.54) is 0 Å². The Bertz CT molecular complexity index is 200. The van der Waals surface area contributed by atoms with Crippen LogP contribution < -0.4 is 10.7 Å². The fourth-order valence-corrected chi connectivity index (χ4v) is 1.41. The van der Waals surface area contributed by atoms with Crippen molar-refractivity contribution in [2.75, 3.05) is 32.8 Å². The Hall–Kier alpha value is -0.650. The molecule has 0 bridgehead atoms. The van der Waals surface area contributed by atoms with Gasteiger partial charge in [-0.2, -0.15) is 0 Å². The number of amides is 1. The molecule has 5 nitrogen and oxygen atoms in total. The van der Waals surface area contributed by atoms with Crippen LogP contribution in [0.5, 0.6) is 0 Å². The Morgan fingerprint density at radius 3 is 2.71 bits per heavy atom. The first kappa shape index (κ1) is 9.89. The third kappa shape index (κ3) is 3.25. The molecule has 2 fully saturated rings. The van der Waals surface area contributed by atoms with Crippen molar-refractivity contribution < 1.29 is 9.53 Å². The molecule has 1 saturated heterocycles. The minimum absolute atomic E-state index is 0.0963. The molecule has 0 radical (unpaired) electrons. The first-order valence-electron chi connectivity index (χ1n) is 5.20. The lowest BCUT2D eigenvalue weighted by atomic mass is 10.5. The van der Waals surface area contributed by atoms with Crippen molar-refractivity contribution in [1.29, 1.82) is 0 Å². The molecule has 2 N–H and O–H groups in total. The van der Waals surface area contributed by atoms with E-state index in [0.29, 0.717) is 12.6 Å². The molecule has 2 aliphatic rings. The molecule has 1 heterocycles. The monoisotopic (exact) mass is 199 g/mol. The quantitative estimate of drug-likeness (QED) is 0.616. The average Bonchev–Trinajstić information content (AvgIpc) is 3.00.